The van der Waals surface area contributed by atoms with Crippen LogP contribution in [0.4, 0.5) is 5.69 Å². The predicted molar refractivity (Wildman–Crippen MR) is 89.6 cm³/mol. The minimum atomic E-state index is -0.148. The highest BCUT2D eigenvalue weighted by molar-refractivity contribution is 5.95. The largest absolute Gasteiger partial charge is 0.496 e. The van der Waals surface area contributed by atoms with Gasteiger partial charge in [0, 0.05) is 30.3 Å². The summed E-state index contributed by atoms with van der Waals surface area (Å²) in [6.07, 6.45) is 0. The van der Waals surface area contributed by atoms with Crippen LogP contribution < -0.4 is 15.4 Å². The van der Waals surface area contributed by atoms with Crippen molar-refractivity contribution in [1.29, 1.82) is 0 Å². The summed E-state index contributed by atoms with van der Waals surface area (Å²) in [7, 11) is 1.57. The van der Waals surface area contributed by atoms with Crippen LogP contribution in [0.15, 0.2) is 42.5 Å². The van der Waals surface area contributed by atoms with E-state index in [1.807, 2.05) is 25.1 Å². The van der Waals surface area contributed by atoms with Gasteiger partial charge in [0.05, 0.1) is 7.11 Å². The third kappa shape index (κ3) is 4.32. The number of carbonyl (C=O) groups is 2. The molecule has 2 N–H and O–H groups in total. The van der Waals surface area contributed by atoms with Crippen LogP contribution in [0, 0.1) is 6.92 Å². The molecule has 0 fully saturated rings. The number of nitrogens with one attached hydrogen (secondary N) is 2. The first-order valence-electron chi connectivity index (χ1n) is 7.29. The number of aryl methyl sites for hydroxylation is 1. The molecule has 0 atom stereocenters. The van der Waals surface area contributed by atoms with Crippen LogP contribution >= 0.6 is 0 Å². The first-order chi connectivity index (χ1) is 11.0. The van der Waals surface area contributed by atoms with E-state index in [2.05, 4.69) is 10.6 Å². The fourth-order valence-corrected chi connectivity index (χ4v) is 2.30. The molecule has 0 unspecified atom stereocenters. The van der Waals surface area contributed by atoms with E-state index in [1.54, 1.807) is 31.4 Å². The highest BCUT2D eigenvalue weighted by Crippen LogP contribution is 2.22. The second kappa shape index (κ2) is 7.45. The first kappa shape index (κ1) is 16.5. The van der Waals surface area contributed by atoms with Gasteiger partial charge in [-0.15, -0.1) is 0 Å². The second-order valence-electron chi connectivity index (χ2n) is 5.21. The number of benzene rings is 2. The summed E-state index contributed by atoms with van der Waals surface area (Å²) in [4.78, 5) is 23.4. The number of methoxy groups -OCH3 is 1. The average molecular weight is 312 g/mol. The molecule has 0 radical (unpaired) electrons. The third-order valence-electron chi connectivity index (χ3n) is 3.43. The number of carbonyl (C=O) groups excluding carboxylic acids is 2. The molecular formula is C18H20N2O3. The molecule has 0 heterocycles. The van der Waals surface area contributed by atoms with E-state index >= 15 is 0 Å². The zero-order valence-corrected chi connectivity index (χ0v) is 13.5. The fourth-order valence-electron chi connectivity index (χ4n) is 2.30. The van der Waals surface area contributed by atoms with Gasteiger partial charge in [-0.3, -0.25) is 9.59 Å². The van der Waals surface area contributed by atoms with E-state index < -0.39 is 0 Å². The smallest absolute Gasteiger partial charge is 0.251 e. The molecule has 0 aliphatic rings. The maximum atomic E-state index is 12.3. The monoisotopic (exact) mass is 312 g/mol. The lowest BCUT2D eigenvalue weighted by molar-refractivity contribution is -0.114. The molecule has 5 heteroatoms. The van der Waals surface area contributed by atoms with E-state index in [9.17, 15) is 9.59 Å². The lowest BCUT2D eigenvalue weighted by Gasteiger charge is -2.13. The normalized spacial score (nSPS) is 10.0. The Hall–Kier alpha value is -2.82. The number of hydrogen-bond acceptors (Lipinski definition) is 3. The van der Waals surface area contributed by atoms with Gasteiger partial charge in [-0.25, -0.2) is 0 Å². The maximum Gasteiger partial charge on any atom is 0.251 e. The van der Waals surface area contributed by atoms with E-state index in [-0.39, 0.29) is 11.8 Å². The molecule has 2 amide bonds. The van der Waals surface area contributed by atoms with E-state index in [0.717, 1.165) is 11.1 Å². The van der Waals surface area contributed by atoms with Crippen molar-refractivity contribution in [2.45, 2.75) is 20.4 Å². The highest BCUT2D eigenvalue weighted by Gasteiger charge is 2.10. The Morgan fingerprint density at radius 2 is 1.87 bits per heavy atom. The summed E-state index contributed by atoms with van der Waals surface area (Å²) in [6.45, 7) is 3.65. The molecule has 23 heavy (non-hydrogen) atoms. The molecule has 0 spiro atoms. The Morgan fingerprint density at radius 3 is 2.52 bits per heavy atom. The van der Waals surface area contributed by atoms with Crippen LogP contribution in [0.5, 0.6) is 5.75 Å². The third-order valence-corrected chi connectivity index (χ3v) is 3.43. The minimum absolute atomic E-state index is 0.143. The van der Waals surface area contributed by atoms with Crippen LogP contribution in [-0.4, -0.2) is 18.9 Å². The molecule has 0 bridgehead atoms. The van der Waals surface area contributed by atoms with Gasteiger partial charge in [-0.05, 0) is 36.8 Å². The van der Waals surface area contributed by atoms with Gasteiger partial charge in [-0.2, -0.15) is 0 Å². The van der Waals surface area contributed by atoms with Gasteiger partial charge in [0.15, 0.2) is 0 Å². The van der Waals surface area contributed by atoms with E-state index in [1.165, 1.54) is 6.92 Å². The van der Waals surface area contributed by atoms with Crippen LogP contribution in [-0.2, 0) is 11.3 Å². The van der Waals surface area contributed by atoms with Crippen molar-refractivity contribution in [2.24, 2.45) is 0 Å². The Labute approximate surface area is 135 Å². The first-order valence-corrected chi connectivity index (χ1v) is 7.29. The van der Waals surface area contributed by atoms with Gasteiger partial charge in [0.1, 0.15) is 5.75 Å². The summed E-state index contributed by atoms with van der Waals surface area (Å²) in [5.41, 5.74) is 3.02. The van der Waals surface area contributed by atoms with Crippen LogP contribution in [0.25, 0.3) is 0 Å². The molecule has 0 aliphatic heterocycles. The summed E-state index contributed by atoms with van der Waals surface area (Å²) < 4.78 is 5.30. The fraction of sp³-hybridized carbons (Fsp3) is 0.222. The molecular weight excluding hydrogens is 292 g/mol. The van der Waals surface area contributed by atoms with E-state index in [0.29, 0.717) is 23.5 Å². The standard InChI is InChI=1S/C18H20N2O3/c1-12-6-4-5-7-16(12)18(22)19-11-14-10-15(20-13(2)21)8-9-17(14)23-3/h4-10H,11H2,1-3H3,(H,19,22)(H,20,21). The minimum Gasteiger partial charge on any atom is -0.496 e. The quantitative estimate of drug-likeness (QED) is 0.892. The number of anilines is 1. The summed E-state index contributed by atoms with van der Waals surface area (Å²) in [5, 5.41) is 5.60. The number of ether oxygens (including phenoxy) is 1. The summed E-state index contributed by atoms with van der Waals surface area (Å²) in [5.74, 6) is 0.365. The average Bonchev–Trinajstić information content (AvgIpc) is 2.52. The molecule has 0 aromatic heterocycles. The van der Waals surface area contributed by atoms with Crippen molar-refractivity contribution in [1.82, 2.24) is 5.32 Å². The zero-order valence-electron chi connectivity index (χ0n) is 13.5. The highest BCUT2D eigenvalue weighted by atomic mass is 16.5. The van der Waals surface area contributed by atoms with Gasteiger partial charge >= 0.3 is 0 Å². The van der Waals surface area contributed by atoms with Crippen LogP contribution in [0.3, 0.4) is 0 Å². The second-order valence-corrected chi connectivity index (χ2v) is 5.21. The van der Waals surface area contributed by atoms with E-state index in [4.69, 9.17) is 4.74 Å². The van der Waals surface area contributed by atoms with Crippen LogP contribution in [0.1, 0.15) is 28.4 Å². The number of amides is 2. The Balaban J connectivity index is 2.14. The number of hydrogen-bond donors (Lipinski definition) is 2. The molecule has 0 saturated carbocycles. The Kier molecular flexibility index (Phi) is 5.36. The van der Waals surface area contributed by atoms with Crippen molar-refractivity contribution >= 4 is 17.5 Å². The Bertz CT molecular complexity index is 726. The summed E-state index contributed by atoms with van der Waals surface area (Å²) in [6, 6.07) is 12.7. The molecule has 0 aliphatic carbocycles. The van der Waals surface area contributed by atoms with Gasteiger partial charge in [0.2, 0.25) is 5.91 Å². The lowest BCUT2D eigenvalue weighted by Crippen LogP contribution is -2.24. The lowest BCUT2D eigenvalue weighted by atomic mass is 10.1. The van der Waals surface area contributed by atoms with Crippen molar-refractivity contribution < 1.29 is 14.3 Å². The molecule has 2 rings (SSSR count). The summed E-state index contributed by atoms with van der Waals surface area (Å²) >= 11 is 0. The number of rotatable bonds is 5. The SMILES string of the molecule is COc1ccc(NC(C)=O)cc1CNC(=O)c1ccccc1C. The molecule has 120 valence electrons. The Morgan fingerprint density at radius 1 is 1.13 bits per heavy atom. The van der Waals surface area contributed by atoms with Crippen molar-refractivity contribution in [3.05, 3.63) is 59.2 Å². The predicted octanol–water partition coefficient (Wildman–Crippen LogP) is 2.89. The molecule has 2 aromatic rings. The van der Waals surface area contributed by atoms with Gasteiger partial charge in [-0.1, -0.05) is 18.2 Å². The molecule has 0 saturated heterocycles. The topological polar surface area (TPSA) is 67.4 Å². The maximum absolute atomic E-state index is 12.3. The van der Waals surface area contributed by atoms with Gasteiger partial charge in [0.25, 0.3) is 5.91 Å². The van der Waals surface area contributed by atoms with Crippen LogP contribution in [0.2, 0.25) is 0 Å². The van der Waals surface area contributed by atoms with Crippen molar-refractivity contribution in [2.75, 3.05) is 12.4 Å². The zero-order chi connectivity index (χ0) is 16.8. The molecule has 2 aromatic carbocycles. The van der Waals surface area contributed by atoms with Crippen molar-refractivity contribution in [3.63, 3.8) is 0 Å². The molecule has 5 nitrogen and oxygen atoms in total. The van der Waals surface area contributed by atoms with Gasteiger partial charge < -0.3 is 15.4 Å². The van der Waals surface area contributed by atoms with Crippen molar-refractivity contribution in [3.8, 4) is 5.75 Å².